The summed E-state index contributed by atoms with van der Waals surface area (Å²) in [5.74, 6) is -0.953. The Morgan fingerprint density at radius 2 is 1.17 bits per heavy atom. The minimum absolute atomic E-state index is 0. The molecule has 0 amide bonds. The molecule has 4 heteroatoms. The van der Waals surface area contributed by atoms with E-state index in [4.69, 9.17) is 0 Å². The van der Waals surface area contributed by atoms with Gasteiger partial charge in [-0.05, 0) is 51.4 Å². The van der Waals surface area contributed by atoms with Gasteiger partial charge in [-0.25, -0.2) is 0 Å². The van der Waals surface area contributed by atoms with Crippen molar-refractivity contribution in [1.82, 2.24) is 4.90 Å². The molecule has 0 aromatic carbocycles. The first-order chi connectivity index (χ1) is 14.1. The molecule has 0 rings (SSSR count). The van der Waals surface area contributed by atoms with Crippen LogP contribution in [0.5, 0.6) is 0 Å². The van der Waals surface area contributed by atoms with Crippen molar-refractivity contribution >= 4 is 5.97 Å². The normalized spacial score (nSPS) is 13.8. The minimum atomic E-state index is -0.953. The van der Waals surface area contributed by atoms with Gasteiger partial charge in [0.2, 0.25) is 0 Å². The minimum Gasteiger partial charge on any atom is -0.549 e. The average Bonchev–Trinajstić information content (AvgIpc) is 2.69. The van der Waals surface area contributed by atoms with Gasteiger partial charge in [0.15, 0.2) is 0 Å². The van der Waals surface area contributed by atoms with Crippen LogP contribution in [0.1, 0.15) is 118 Å². The Morgan fingerprint density at radius 3 is 1.50 bits per heavy atom. The van der Waals surface area contributed by atoms with Gasteiger partial charge in [0.05, 0.1) is 5.97 Å². The van der Waals surface area contributed by atoms with Crippen LogP contribution in [0.15, 0.2) is 24.3 Å². The molecule has 0 bridgehead atoms. The number of unbranched alkanes of at least 4 members (excludes halogenated alkanes) is 6. The molecule has 0 aliphatic carbocycles. The van der Waals surface area contributed by atoms with Gasteiger partial charge < -0.3 is 9.90 Å². The van der Waals surface area contributed by atoms with Gasteiger partial charge in [-0.1, -0.05) is 90.5 Å². The summed E-state index contributed by atoms with van der Waals surface area (Å²) in [6.07, 6.45) is 25.0. The Kier molecular flexibility index (Phi) is 25.2. The van der Waals surface area contributed by atoms with E-state index in [0.717, 1.165) is 51.4 Å². The smallest absolute Gasteiger partial charge is 0.549 e. The predicted molar refractivity (Wildman–Crippen MR) is 125 cm³/mol. The van der Waals surface area contributed by atoms with E-state index < -0.39 is 5.97 Å². The van der Waals surface area contributed by atoms with E-state index in [0.29, 0.717) is 0 Å². The summed E-state index contributed by atoms with van der Waals surface area (Å²) in [6, 6.07) is 0.565. The van der Waals surface area contributed by atoms with Crippen LogP contribution < -0.4 is 34.7 Å². The van der Waals surface area contributed by atoms with Crippen molar-refractivity contribution in [3.05, 3.63) is 24.3 Å². The number of carbonyl (C=O) groups excluding carboxylic acids is 1. The molecule has 0 spiro atoms. The van der Waals surface area contributed by atoms with Crippen LogP contribution in [-0.2, 0) is 4.79 Å². The molecule has 30 heavy (non-hydrogen) atoms. The van der Waals surface area contributed by atoms with Crippen molar-refractivity contribution in [3.63, 3.8) is 0 Å². The number of allylic oxidation sites excluding steroid dienone is 2. The van der Waals surface area contributed by atoms with Crippen LogP contribution in [0.25, 0.3) is 0 Å². The molecule has 2 unspecified atom stereocenters. The predicted octanol–water partition coefficient (Wildman–Crippen LogP) is 3.43. The van der Waals surface area contributed by atoms with Gasteiger partial charge in [0.1, 0.15) is 0 Å². The van der Waals surface area contributed by atoms with Crippen LogP contribution >= 0.6 is 0 Å². The number of aliphatic carboxylic acids is 1. The molecule has 0 N–H and O–H groups in total. The topological polar surface area (TPSA) is 43.4 Å². The van der Waals surface area contributed by atoms with Gasteiger partial charge in [-0.15, -0.1) is 0 Å². The van der Waals surface area contributed by atoms with E-state index >= 15 is 0 Å². The Labute approximate surface area is 210 Å². The number of carboxylic acids is 1. The Morgan fingerprint density at radius 1 is 0.733 bits per heavy atom. The van der Waals surface area contributed by atoms with Crippen molar-refractivity contribution in [2.45, 2.75) is 130 Å². The zero-order valence-corrected chi connectivity index (χ0v) is 22.8. The monoisotopic (exact) mass is 429 g/mol. The number of rotatable bonds is 20. The Balaban J connectivity index is 0. The molecule has 0 saturated heterocycles. The molecule has 0 aliphatic heterocycles. The fourth-order valence-corrected chi connectivity index (χ4v) is 3.98. The number of carbonyl (C=O) groups is 1. The van der Waals surface area contributed by atoms with E-state index in [2.05, 4.69) is 56.9 Å². The van der Waals surface area contributed by atoms with Gasteiger partial charge in [0.25, 0.3) is 0 Å². The maximum absolute atomic E-state index is 11.5. The van der Waals surface area contributed by atoms with Gasteiger partial charge in [0, 0.05) is 18.6 Å². The average molecular weight is 430 g/mol. The maximum atomic E-state index is 11.5. The molecule has 0 radical (unpaired) electrons. The molecule has 0 aliphatic rings. The summed E-state index contributed by atoms with van der Waals surface area (Å²) in [5.41, 5.74) is 0. The van der Waals surface area contributed by atoms with E-state index in [9.17, 15) is 9.90 Å². The first-order valence-electron chi connectivity index (χ1n) is 12.4. The molecule has 170 valence electrons. The number of nitrogens with zero attached hydrogens (tertiary/aromatic N) is 1. The van der Waals surface area contributed by atoms with Crippen molar-refractivity contribution in [2.24, 2.45) is 0 Å². The zero-order chi connectivity index (χ0) is 21.7. The van der Waals surface area contributed by atoms with Crippen molar-refractivity contribution < 1.29 is 39.5 Å². The first-order valence-corrected chi connectivity index (χ1v) is 12.4. The third-order valence-electron chi connectivity index (χ3n) is 5.59. The molecule has 3 nitrogen and oxygen atoms in total. The van der Waals surface area contributed by atoms with E-state index in [1.807, 2.05) is 0 Å². The van der Waals surface area contributed by atoms with Gasteiger partial charge in [-0.3, -0.25) is 4.90 Å². The Hall–Kier alpha value is -0.0900. The molecule has 0 saturated carbocycles. The van der Waals surface area contributed by atoms with Crippen molar-refractivity contribution in [2.75, 3.05) is 6.54 Å². The Bertz CT molecular complexity index is 405. The standard InChI is InChI=1S/C26H49NO2.Na/c1-5-9-11-13-15-17-21-24(19-7-3)27(23-26(28)29)25(20-8-4)22-18-16-14-12-10-6-2;/h15-18,24-25H,5-14,19-23H2,1-4H3,(H,28,29);/q;+1/p-1/b17-15+,18-16+;. The molecule has 0 heterocycles. The van der Waals surface area contributed by atoms with Gasteiger partial charge >= 0.3 is 29.6 Å². The van der Waals surface area contributed by atoms with Crippen molar-refractivity contribution in [1.29, 1.82) is 0 Å². The third kappa shape index (κ3) is 17.6. The van der Waals surface area contributed by atoms with Crippen LogP contribution in [0.3, 0.4) is 0 Å². The van der Waals surface area contributed by atoms with E-state index in [1.54, 1.807) is 0 Å². The molecule has 0 aromatic rings. The fourth-order valence-electron chi connectivity index (χ4n) is 3.98. The summed E-state index contributed by atoms with van der Waals surface area (Å²) in [5, 5.41) is 11.5. The van der Waals surface area contributed by atoms with Gasteiger partial charge in [-0.2, -0.15) is 0 Å². The summed E-state index contributed by atoms with van der Waals surface area (Å²) in [4.78, 5) is 13.8. The fraction of sp³-hybridized carbons (Fsp3) is 0.808. The number of hydrogen-bond acceptors (Lipinski definition) is 3. The maximum Gasteiger partial charge on any atom is 1.00 e. The summed E-state index contributed by atoms with van der Waals surface area (Å²) < 4.78 is 0. The van der Waals surface area contributed by atoms with Crippen LogP contribution in [-0.4, -0.2) is 29.5 Å². The summed E-state index contributed by atoms with van der Waals surface area (Å²) >= 11 is 0. The second kappa shape index (κ2) is 23.6. The second-order valence-corrected chi connectivity index (χ2v) is 8.34. The second-order valence-electron chi connectivity index (χ2n) is 8.34. The molecular formula is C26H48NNaO2. The largest absolute Gasteiger partial charge is 1.00 e. The molecule has 2 atom stereocenters. The summed E-state index contributed by atoms with van der Waals surface area (Å²) in [7, 11) is 0. The molecular weight excluding hydrogens is 381 g/mol. The summed E-state index contributed by atoms with van der Waals surface area (Å²) in [6.45, 7) is 8.88. The number of hydrogen-bond donors (Lipinski definition) is 0. The van der Waals surface area contributed by atoms with Crippen LogP contribution in [0.4, 0.5) is 0 Å². The molecule has 0 fully saturated rings. The molecule has 0 aromatic heterocycles. The van der Waals surface area contributed by atoms with E-state index in [1.165, 1.54) is 38.5 Å². The zero-order valence-electron chi connectivity index (χ0n) is 20.8. The van der Waals surface area contributed by atoms with E-state index in [-0.39, 0.29) is 48.2 Å². The third-order valence-corrected chi connectivity index (χ3v) is 5.59. The first kappa shape index (κ1) is 32.1. The van der Waals surface area contributed by atoms with Crippen LogP contribution in [0, 0.1) is 0 Å². The van der Waals surface area contributed by atoms with Crippen molar-refractivity contribution in [3.8, 4) is 0 Å². The SMILES string of the molecule is CCCCC/C=C/CC(CCC)N(CC(=O)[O-])C(C/C=C/CCCCC)CCC.[Na+]. The van der Waals surface area contributed by atoms with Crippen LogP contribution in [0.2, 0.25) is 0 Å². The quantitative estimate of drug-likeness (QED) is 0.169. The number of carboxylic acid groups (broad SMARTS) is 1.